The molecule has 0 amide bonds. The first-order valence-corrected chi connectivity index (χ1v) is 5.79. The third-order valence-electron chi connectivity index (χ3n) is 2.19. The van der Waals surface area contributed by atoms with Crippen LogP contribution in [0.4, 0.5) is 5.13 Å². The van der Waals surface area contributed by atoms with Gasteiger partial charge in [0.25, 0.3) is 0 Å². The van der Waals surface area contributed by atoms with Crippen molar-refractivity contribution in [2.24, 2.45) is 0 Å². The van der Waals surface area contributed by atoms with Gasteiger partial charge in [-0.05, 0) is 24.1 Å². The first-order valence-electron chi connectivity index (χ1n) is 5.02. The highest BCUT2D eigenvalue weighted by Gasteiger charge is 1.97. The van der Waals surface area contributed by atoms with Crippen LogP contribution in [-0.2, 0) is 6.42 Å². The van der Waals surface area contributed by atoms with Crippen molar-refractivity contribution in [3.05, 3.63) is 36.2 Å². The molecule has 0 spiro atoms. The summed E-state index contributed by atoms with van der Waals surface area (Å²) in [5.74, 6) is 0.897. The molecule has 0 saturated heterocycles. The van der Waals surface area contributed by atoms with E-state index in [0.29, 0.717) is 0 Å². The Hall–Kier alpha value is -1.62. The zero-order valence-electron chi connectivity index (χ0n) is 9.01. The number of nitrogens with one attached hydrogen (secondary N) is 1. The molecule has 0 radical (unpaired) electrons. The number of rotatable bonds is 5. The lowest BCUT2D eigenvalue weighted by molar-refractivity contribution is 0.414. The first-order chi connectivity index (χ1) is 7.88. The van der Waals surface area contributed by atoms with Crippen LogP contribution in [0.1, 0.15) is 5.56 Å². The highest BCUT2D eigenvalue weighted by atomic mass is 32.1. The third kappa shape index (κ3) is 2.93. The zero-order valence-corrected chi connectivity index (χ0v) is 9.83. The maximum absolute atomic E-state index is 5.17. The van der Waals surface area contributed by atoms with Crippen LogP contribution in [0.15, 0.2) is 30.6 Å². The largest absolute Gasteiger partial charge is 0.497 e. The minimum absolute atomic E-state index is 0.850. The summed E-state index contributed by atoms with van der Waals surface area (Å²) in [6, 6.07) is 8.08. The summed E-state index contributed by atoms with van der Waals surface area (Å²) in [4.78, 5) is 4.05. The first kappa shape index (κ1) is 10.9. The molecule has 0 saturated carbocycles. The molecule has 2 rings (SSSR count). The van der Waals surface area contributed by atoms with Crippen molar-refractivity contribution in [3.63, 3.8) is 0 Å². The van der Waals surface area contributed by atoms with Gasteiger partial charge in [-0.3, -0.25) is 0 Å². The molecule has 4 nitrogen and oxygen atoms in total. The maximum Gasteiger partial charge on any atom is 0.202 e. The fraction of sp³-hybridized carbons (Fsp3) is 0.273. The van der Waals surface area contributed by atoms with E-state index in [1.54, 1.807) is 13.4 Å². The van der Waals surface area contributed by atoms with Crippen molar-refractivity contribution in [1.29, 1.82) is 0 Å². The van der Waals surface area contributed by atoms with Crippen molar-refractivity contribution in [2.45, 2.75) is 6.42 Å². The molecule has 2 aromatic rings. The summed E-state index contributed by atoms with van der Waals surface area (Å²) in [6.07, 6.45) is 2.50. The van der Waals surface area contributed by atoms with Crippen molar-refractivity contribution in [3.8, 4) is 5.75 Å². The quantitative estimate of drug-likeness (QED) is 0.863. The molecule has 0 bridgehead atoms. The van der Waals surface area contributed by atoms with Crippen molar-refractivity contribution in [1.82, 2.24) is 9.36 Å². The molecule has 0 atom stereocenters. The van der Waals surface area contributed by atoms with Crippen LogP contribution in [0, 0.1) is 0 Å². The Morgan fingerprint density at radius 3 is 3.12 bits per heavy atom. The van der Waals surface area contributed by atoms with Gasteiger partial charge in [-0.25, -0.2) is 4.98 Å². The Labute approximate surface area is 98.5 Å². The maximum atomic E-state index is 5.17. The van der Waals surface area contributed by atoms with Gasteiger partial charge in [0.05, 0.1) is 7.11 Å². The summed E-state index contributed by atoms with van der Waals surface area (Å²) in [5, 5.41) is 4.08. The molecule has 0 fully saturated rings. The van der Waals surface area contributed by atoms with Gasteiger partial charge in [-0.1, -0.05) is 12.1 Å². The molecule has 16 heavy (non-hydrogen) atoms. The number of hydrogen-bond donors (Lipinski definition) is 1. The Morgan fingerprint density at radius 1 is 1.44 bits per heavy atom. The van der Waals surface area contributed by atoms with E-state index in [9.17, 15) is 0 Å². The highest BCUT2D eigenvalue weighted by molar-refractivity contribution is 7.09. The standard InChI is InChI=1S/C11H13N3OS/c1-15-10-4-2-3-9(7-10)5-6-12-11-13-8-14-16-11/h2-4,7-8H,5-6H2,1H3,(H,12,13,14). The van der Waals surface area contributed by atoms with Gasteiger partial charge in [0.1, 0.15) is 12.1 Å². The lowest BCUT2D eigenvalue weighted by Crippen LogP contribution is -2.04. The minimum Gasteiger partial charge on any atom is -0.497 e. The second-order valence-electron chi connectivity index (χ2n) is 3.27. The molecule has 84 valence electrons. The van der Waals surface area contributed by atoms with Gasteiger partial charge in [0.2, 0.25) is 5.13 Å². The number of anilines is 1. The van der Waals surface area contributed by atoms with E-state index in [-0.39, 0.29) is 0 Å². The number of ether oxygens (including phenoxy) is 1. The molecule has 0 aliphatic carbocycles. The Kier molecular flexibility index (Phi) is 3.71. The average molecular weight is 235 g/mol. The van der Waals surface area contributed by atoms with Gasteiger partial charge >= 0.3 is 0 Å². The summed E-state index contributed by atoms with van der Waals surface area (Å²) in [7, 11) is 1.68. The van der Waals surface area contributed by atoms with Crippen molar-refractivity contribution in [2.75, 3.05) is 19.0 Å². The lowest BCUT2D eigenvalue weighted by Gasteiger charge is -2.04. The summed E-state index contributed by atoms with van der Waals surface area (Å²) < 4.78 is 9.09. The number of methoxy groups -OCH3 is 1. The molecule has 1 aromatic heterocycles. The molecule has 0 unspecified atom stereocenters. The van der Waals surface area contributed by atoms with Crippen LogP contribution in [0.25, 0.3) is 0 Å². The molecule has 1 N–H and O–H groups in total. The summed E-state index contributed by atoms with van der Waals surface area (Å²) in [6.45, 7) is 0.850. The number of aromatic nitrogens is 2. The Morgan fingerprint density at radius 2 is 2.38 bits per heavy atom. The average Bonchev–Trinajstić information content (AvgIpc) is 2.82. The molecule has 0 aliphatic heterocycles. The fourth-order valence-electron chi connectivity index (χ4n) is 1.39. The van der Waals surface area contributed by atoms with Crippen LogP contribution in [0.2, 0.25) is 0 Å². The van der Waals surface area contributed by atoms with Crippen LogP contribution < -0.4 is 10.1 Å². The van der Waals surface area contributed by atoms with Crippen molar-refractivity contribution < 1.29 is 4.74 Å². The van der Waals surface area contributed by atoms with Crippen LogP contribution >= 0.6 is 11.5 Å². The van der Waals surface area contributed by atoms with E-state index < -0.39 is 0 Å². The Bertz CT molecular complexity index is 431. The number of nitrogens with zero attached hydrogens (tertiary/aromatic N) is 2. The molecular formula is C11H13N3OS. The second-order valence-corrected chi connectivity index (χ2v) is 4.05. The van der Waals surface area contributed by atoms with E-state index in [1.165, 1.54) is 17.1 Å². The smallest absolute Gasteiger partial charge is 0.202 e. The number of benzene rings is 1. The van der Waals surface area contributed by atoms with E-state index in [0.717, 1.165) is 23.8 Å². The van der Waals surface area contributed by atoms with E-state index in [1.807, 2.05) is 18.2 Å². The van der Waals surface area contributed by atoms with Crippen molar-refractivity contribution >= 4 is 16.7 Å². The van der Waals surface area contributed by atoms with E-state index >= 15 is 0 Å². The molecular weight excluding hydrogens is 222 g/mol. The van der Waals surface area contributed by atoms with E-state index in [4.69, 9.17) is 4.74 Å². The topological polar surface area (TPSA) is 47.0 Å². The molecule has 1 heterocycles. The number of hydrogen-bond acceptors (Lipinski definition) is 5. The normalized spacial score (nSPS) is 10.1. The van der Waals surface area contributed by atoms with Gasteiger partial charge in [0, 0.05) is 18.1 Å². The Balaban J connectivity index is 1.85. The SMILES string of the molecule is COc1cccc(CCNc2ncns2)c1. The highest BCUT2D eigenvalue weighted by Crippen LogP contribution is 2.13. The predicted octanol–water partition coefficient (Wildman–Crippen LogP) is 2.20. The minimum atomic E-state index is 0.850. The van der Waals surface area contributed by atoms with Gasteiger partial charge in [0.15, 0.2) is 0 Å². The molecule has 0 aliphatic rings. The van der Waals surface area contributed by atoms with Gasteiger partial charge in [-0.2, -0.15) is 4.37 Å². The summed E-state index contributed by atoms with van der Waals surface area (Å²) >= 11 is 1.37. The second kappa shape index (κ2) is 5.46. The zero-order chi connectivity index (χ0) is 11.2. The van der Waals surface area contributed by atoms with Gasteiger partial charge < -0.3 is 10.1 Å². The van der Waals surface area contributed by atoms with Gasteiger partial charge in [-0.15, -0.1) is 0 Å². The monoisotopic (exact) mass is 235 g/mol. The predicted molar refractivity (Wildman–Crippen MR) is 65.1 cm³/mol. The van der Waals surface area contributed by atoms with E-state index in [2.05, 4.69) is 20.7 Å². The molecule has 1 aromatic carbocycles. The van der Waals surface area contributed by atoms with Crippen LogP contribution in [0.3, 0.4) is 0 Å². The fourth-order valence-corrected chi connectivity index (χ4v) is 1.85. The van der Waals surface area contributed by atoms with Crippen LogP contribution in [0.5, 0.6) is 5.75 Å². The third-order valence-corrected chi connectivity index (χ3v) is 2.81. The summed E-state index contributed by atoms with van der Waals surface area (Å²) in [5.41, 5.74) is 1.25. The lowest BCUT2D eigenvalue weighted by atomic mass is 10.1. The van der Waals surface area contributed by atoms with Crippen LogP contribution in [-0.4, -0.2) is 23.0 Å². The molecule has 5 heteroatoms.